The van der Waals surface area contributed by atoms with Crippen molar-refractivity contribution in [2.45, 2.75) is 33.4 Å². The lowest BCUT2D eigenvalue weighted by Crippen LogP contribution is -2.34. The predicted octanol–water partition coefficient (Wildman–Crippen LogP) is 5.19. The van der Waals surface area contributed by atoms with E-state index in [2.05, 4.69) is 10.6 Å². The fraction of sp³-hybridized carbons (Fsp3) is 0.300. The van der Waals surface area contributed by atoms with Crippen molar-refractivity contribution in [3.63, 3.8) is 0 Å². The molecule has 7 heteroatoms. The maximum Gasteiger partial charge on any atom is 0.319 e. The van der Waals surface area contributed by atoms with Gasteiger partial charge in [-0.3, -0.25) is 4.79 Å². The molecule has 2 aromatic carbocycles. The number of benzene rings is 2. The molecule has 2 N–H and O–H groups in total. The second-order valence-electron chi connectivity index (χ2n) is 6.40. The Labute approximate surface area is 169 Å². The molecule has 0 fully saturated rings. The summed E-state index contributed by atoms with van der Waals surface area (Å²) in [7, 11) is 0. The number of hydrogen-bond donors (Lipinski definition) is 2. The van der Waals surface area contributed by atoms with Crippen molar-refractivity contribution in [3.8, 4) is 0 Å². The lowest BCUT2D eigenvalue weighted by molar-refractivity contribution is 0.0752. The van der Waals surface area contributed by atoms with Crippen molar-refractivity contribution in [3.05, 3.63) is 63.6 Å². The topological polar surface area (TPSA) is 61.4 Å². The van der Waals surface area contributed by atoms with E-state index in [1.165, 1.54) is 0 Å². The molecular weight excluding hydrogens is 385 g/mol. The van der Waals surface area contributed by atoms with E-state index < -0.39 is 0 Å². The highest BCUT2D eigenvalue weighted by Crippen LogP contribution is 2.23. The molecule has 144 valence electrons. The number of amides is 3. The Kier molecular flexibility index (Phi) is 7.51. The number of nitrogens with one attached hydrogen (secondary N) is 2. The molecule has 0 aliphatic carbocycles. The van der Waals surface area contributed by atoms with Gasteiger partial charge in [0.25, 0.3) is 5.91 Å². The van der Waals surface area contributed by atoms with Crippen molar-refractivity contribution in [1.82, 2.24) is 10.2 Å². The van der Waals surface area contributed by atoms with E-state index in [-0.39, 0.29) is 18.0 Å². The highest BCUT2D eigenvalue weighted by atomic mass is 35.5. The first-order chi connectivity index (χ1) is 12.8. The predicted molar refractivity (Wildman–Crippen MR) is 111 cm³/mol. The number of hydrogen-bond acceptors (Lipinski definition) is 2. The second kappa shape index (κ2) is 9.62. The van der Waals surface area contributed by atoms with E-state index >= 15 is 0 Å². The van der Waals surface area contributed by atoms with E-state index in [9.17, 15) is 9.59 Å². The van der Waals surface area contributed by atoms with Crippen LogP contribution >= 0.6 is 23.2 Å². The van der Waals surface area contributed by atoms with E-state index in [1.807, 2.05) is 26.8 Å². The number of carbonyl (C=O) groups excluding carboxylic acids is 2. The maximum absolute atomic E-state index is 12.9. The lowest BCUT2D eigenvalue weighted by atomic mass is 10.1. The standard InChI is InChI=1S/C20H23Cl2N3O2/c1-4-25(12-14-8-9-17(21)18(22)10-14)19(26)15-6-5-7-16(11-15)24-20(27)23-13(2)3/h5-11,13H,4,12H2,1-3H3,(H2,23,24,27). The van der Waals surface area contributed by atoms with Gasteiger partial charge in [-0.2, -0.15) is 0 Å². The zero-order valence-corrected chi connectivity index (χ0v) is 17.1. The van der Waals surface area contributed by atoms with Crippen LogP contribution in [0.25, 0.3) is 0 Å². The number of halogens is 2. The Morgan fingerprint density at radius 3 is 2.44 bits per heavy atom. The Bertz CT molecular complexity index is 825. The van der Waals surface area contributed by atoms with Crippen molar-refractivity contribution in [1.29, 1.82) is 0 Å². The molecule has 0 aromatic heterocycles. The quantitative estimate of drug-likeness (QED) is 0.692. The fourth-order valence-corrected chi connectivity index (χ4v) is 2.85. The third kappa shape index (κ3) is 6.15. The molecule has 0 heterocycles. The summed E-state index contributed by atoms with van der Waals surface area (Å²) in [5.41, 5.74) is 1.95. The third-order valence-corrected chi connectivity index (χ3v) is 4.55. The van der Waals surface area contributed by atoms with Gasteiger partial charge in [-0.15, -0.1) is 0 Å². The van der Waals surface area contributed by atoms with Gasteiger partial charge in [0, 0.05) is 30.4 Å². The second-order valence-corrected chi connectivity index (χ2v) is 7.22. The van der Waals surface area contributed by atoms with Crippen LogP contribution in [0.4, 0.5) is 10.5 Å². The number of urea groups is 1. The lowest BCUT2D eigenvalue weighted by Gasteiger charge is -2.22. The minimum Gasteiger partial charge on any atom is -0.336 e. The van der Waals surface area contributed by atoms with E-state index in [4.69, 9.17) is 23.2 Å². The SMILES string of the molecule is CCN(Cc1ccc(Cl)c(Cl)c1)C(=O)c1cccc(NC(=O)NC(C)C)c1. The average Bonchev–Trinajstić information content (AvgIpc) is 2.61. The number of rotatable bonds is 6. The molecule has 0 spiro atoms. The van der Waals surface area contributed by atoms with Gasteiger partial charge in [-0.25, -0.2) is 4.79 Å². The molecule has 3 amide bonds. The zero-order chi connectivity index (χ0) is 20.0. The Morgan fingerprint density at radius 2 is 1.81 bits per heavy atom. The van der Waals surface area contributed by atoms with Crippen LogP contribution in [0, 0.1) is 0 Å². The smallest absolute Gasteiger partial charge is 0.319 e. The largest absolute Gasteiger partial charge is 0.336 e. The molecule has 5 nitrogen and oxygen atoms in total. The monoisotopic (exact) mass is 407 g/mol. The van der Waals surface area contributed by atoms with Gasteiger partial charge in [0.15, 0.2) is 0 Å². The van der Waals surface area contributed by atoms with Crippen molar-refractivity contribution in [2.75, 3.05) is 11.9 Å². The molecule has 0 radical (unpaired) electrons. The first kappa shape index (κ1) is 21.1. The summed E-state index contributed by atoms with van der Waals surface area (Å²) in [6.45, 7) is 6.61. The summed E-state index contributed by atoms with van der Waals surface area (Å²) >= 11 is 12.0. The Balaban J connectivity index is 2.13. The Hall–Kier alpha value is -2.24. The van der Waals surface area contributed by atoms with Crippen LogP contribution in [-0.2, 0) is 6.54 Å². The molecule has 27 heavy (non-hydrogen) atoms. The zero-order valence-electron chi connectivity index (χ0n) is 15.6. The van der Waals surface area contributed by atoms with Gasteiger partial charge >= 0.3 is 6.03 Å². The molecule has 0 atom stereocenters. The summed E-state index contributed by atoms with van der Waals surface area (Å²) in [5.74, 6) is -0.128. The van der Waals surface area contributed by atoms with Gasteiger partial charge in [0.05, 0.1) is 10.0 Å². The highest BCUT2D eigenvalue weighted by Gasteiger charge is 2.16. The van der Waals surface area contributed by atoms with E-state index in [1.54, 1.807) is 41.3 Å². The normalized spacial score (nSPS) is 10.6. The molecule has 0 saturated carbocycles. The number of carbonyl (C=O) groups is 2. The molecule has 0 unspecified atom stereocenters. The first-order valence-corrected chi connectivity index (χ1v) is 9.46. The minimum atomic E-state index is -0.308. The van der Waals surface area contributed by atoms with Crippen LogP contribution in [0.5, 0.6) is 0 Å². The maximum atomic E-state index is 12.9. The molecule has 0 saturated heterocycles. The van der Waals surface area contributed by atoms with Crippen molar-refractivity contribution >= 4 is 40.8 Å². The fourth-order valence-electron chi connectivity index (χ4n) is 2.53. The molecule has 2 aromatic rings. The Morgan fingerprint density at radius 1 is 1.07 bits per heavy atom. The molecule has 0 aliphatic heterocycles. The van der Waals surface area contributed by atoms with Crippen LogP contribution in [-0.4, -0.2) is 29.4 Å². The van der Waals surface area contributed by atoms with Crippen LogP contribution in [0.1, 0.15) is 36.7 Å². The van der Waals surface area contributed by atoms with Crippen LogP contribution in [0.3, 0.4) is 0 Å². The van der Waals surface area contributed by atoms with Gasteiger partial charge in [-0.05, 0) is 56.7 Å². The minimum absolute atomic E-state index is 0.0246. The average molecular weight is 408 g/mol. The number of anilines is 1. The highest BCUT2D eigenvalue weighted by molar-refractivity contribution is 6.42. The molecule has 0 bridgehead atoms. The summed E-state index contributed by atoms with van der Waals surface area (Å²) in [6.07, 6.45) is 0. The van der Waals surface area contributed by atoms with Crippen LogP contribution in [0.2, 0.25) is 10.0 Å². The molecule has 2 rings (SSSR count). The third-order valence-electron chi connectivity index (χ3n) is 3.81. The van der Waals surface area contributed by atoms with Crippen LogP contribution < -0.4 is 10.6 Å². The van der Waals surface area contributed by atoms with Gasteiger partial charge in [0.1, 0.15) is 0 Å². The van der Waals surface area contributed by atoms with Gasteiger partial charge in [0.2, 0.25) is 0 Å². The van der Waals surface area contributed by atoms with Crippen molar-refractivity contribution < 1.29 is 9.59 Å². The van der Waals surface area contributed by atoms with E-state index in [0.29, 0.717) is 34.4 Å². The summed E-state index contributed by atoms with van der Waals surface area (Å²) in [5, 5.41) is 6.42. The van der Waals surface area contributed by atoms with E-state index in [0.717, 1.165) is 5.56 Å². The first-order valence-electron chi connectivity index (χ1n) is 8.71. The summed E-state index contributed by atoms with van der Waals surface area (Å²) in [6, 6.07) is 11.9. The summed E-state index contributed by atoms with van der Waals surface area (Å²) in [4.78, 5) is 26.4. The molecular formula is C20H23Cl2N3O2. The molecule has 0 aliphatic rings. The van der Waals surface area contributed by atoms with Gasteiger partial charge in [-0.1, -0.05) is 35.3 Å². The summed E-state index contributed by atoms with van der Waals surface area (Å²) < 4.78 is 0. The number of nitrogens with zero attached hydrogens (tertiary/aromatic N) is 1. The van der Waals surface area contributed by atoms with Gasteiger partial charge < -0.3 is 15.5 Å². The van der Waals surface area contributed by atoms with Crippen LogP contribution in [0.15, 0.2) is 42.5 Å². The van der Waals surface area contributed by atoms with Crippen molar-refractivity contribution in [2.24, 2.45) is 0 Å².